The summed E-state index contributed by atoms with van der Waals surface area (Å²) in [5.74, 6) is 0.803. The zero-order chi connectivity index (χ0) is 14.8. The van der Waals surface area contributed by atoms with E-state index in [-0.39, 0.29) is 5.91 Å². The minimum Gasteiger partial charge on any atom is -0.488 e. The molecule has 0 aliphatic carbocycles. The lowest BCUT2D eigenvalue weighted by Gasteiger charge is -2.22. The molecule has 5 nitrogen and oxygen atoms in total. The average molecular weight is 283 g/mol. The molecule has 1 aliphatic heterocycles. The average Bonchev–Trinajstić information content (AvgIpc) is 2.91. The number of fused-ring (bicyclic) bond motifs is 1. The Balaban J connectivity index is 1.75. The van der Waals surface area contributed by atoms with Crippen molar-refractivity contribution >= 4 is 12.0 Å². The van der Waals surface area contributed by atoms with Crippen LogP contribution in [0.15, 0.2) is 42.2 Å². The minimum atomic E-state index is -0.0200. The van der Waals surface area contributed by atoms with Gasteiger partial charge in [0.05, 0.1) is 11.8 Å². The molecule has 1 aromatic carbocycles. The Morgan fingerprint density at radius 1 is 1.43 bits per heavy atom. The van der Waals surface area contributed by atoms with Crippen LogP contribution in [-0.2, 0) is 18.4 Å². The van der Waals surface area contributed by atoms with Crippen LogP contribution in [0.3, 0.4) is 0 Å². The van der Waals surface area contributed by atoms with Gasteiger partial charge in [0.1, 0.15) is 12.4 Å². The second-order valence-electron chi connectivity index (χ2n) is 5.18. The molecule has 0 spiro atoms. The number of carbonyl (C=O) groups is 1. The summed E-state index contributed by atoms with van der Waals surface area (Å²) in [6.45, 7) is 0.846. The van der Waals surface area contributed by atoms with Gasteiger partial charge in [0, 0.05) is 38.0 Å². The van der Waals surface area contributed by atoms with Crippen molar-refractivity contribution in [3.63, 3.8) is 0 Å². The highest BCUT2D eigenvalue weighted by Gasteiger charge is 2.20. The molecule has 0 N–H and O–H groups in total. The van der Waals surface area contributed by atoms with Gasteiger partial charge >= 0.3 is 0 Å². The van der Waals surface area contributed by atoms with Crippen LogP contribution < -0.4 is 4.74 Å². The maximum atomic E-state index is 12.5. The van der Waals surface area contributed by atoms with Crippen molar-refractivity contribution in [2.24, 2.45) is 7.05 Å². The number of para-hydroxylation sites is 1. The SMILES string of the molecule is CN(Cc1cnn(C)c1)C(=O)C1=Cc2ccccc2OC1. The molecule has 2 heterocycles. The summed E-state index contributed by atoms with van der Waals surface area (Å²) in [6.07, 6.45) is 5.58. The third-order valence-corrected chi connectivity index (χ3v) is 3.43. The van der Waals surface area contributed by atoms with Crippen LogP contribution in [0.4, 0.5) is 0 Å². The van der Waals surface area contributed by atoms with Crippen LogP contribution >= 0.6 is 0 Å². The normalized spacial score (nSPS) is 13.1. The smallest absolute Gasteiger partial charge is 0.253 e. The van der Waals surface area contributed by atoms with Gasteiger partial charge in [0.15, 0.2) is 0 Å². The molecule has 0 bridgehead atoms. The molecule has 5 heteroatoms. The fourth-order valence-corrected chi connectivity index (χ4v) is 2.38. The molecule has 0 atom stereocenters. The fourth-order valence-electron chi connectivity index (χ4n) is 2.38. The van der Waals surface area contributed by atoms with Crippen molar-refractivity contribution in [2.45, 2.75) is 6.54 Å². The highest BCUT2D eigenvalue weighted by atomic mass is 16.5. The van der Waals surface area contributed by atoms with Crippen molar-refractivity contribution in [1.82, 2.24) is 14.7 Å². The fraction of sp³-hybridized carbons (Fsp3) is 0.250. The van der Waals surface area contributed by atoms with Crippen LogP contribution in [0.25, 0.3) is 6.08 Å². The molecule has 21 heavy (non-hydrogen) atoms. The van der Waals surface area contributed by atoms with Gasteiger partial charge < -0.3 is 9.64 Å². The van der Waals surface area contributed by atoms with E-state index in [9.17, 15) is 4.79 Å². The minimum absolute atomic E-state index is 0.0200. The Bertz CT molecular complexity index is 703. The lowest BCUT2D eigenvalue weighted by atomic mass is 10.1. The Morgan fingerprint density at radius 2 is 2.24 bits per heavy atom. The van der Waals surface area contributed by atoms with Crippen molar-refractivity contribution in [3.8, 4) is 5.75 Å². The maximum absolute atomic E-state index is 12.5. The van der Waals surface area contributed by atoms with Crippen molar-refractivity contribution in [1.29, 1.82) is 0 Å². The largest absolute Gasteiger partial charge is 0.488 e. The molecule has 0 saturated carbocycles. The van der Waals surface area contributed by atoms with Gasteiger partial charge in [0.2, 0.25) is 0 Å². The standard InChI is InChI=1S/C16H17N3O2/c1-18(9-12-8-17-19(2)10-12)16(20)14-7-13-5-3-4-6-15(13)21-11-14/h3-8,10H,9,11H2,1-2H3. The van der Waals surface area contributed by atoms with Crippen LogP contribution in [0.1, 0.15) is 11.1 Å². The van der Waals surface area contributed by atoms with Crippen LogP contribution in [0.2, 0.25) is 0 Å². The zero-order valence-electron chi connectivity index (χ0n) is 12.1. The molecule has 1 aromatic heterocycles. The first kappa shape index (κ1) is 13.4. The van der Waals surface area contributed by atoms with Crippen molar-refractivity contribution in [2.75, 3.05) is 13.7 Å². The molecule has 1 aliphatic rings. The number of ether oxygens (including phenoxy) is 1. The van der Waals surface area contributed by atoms with Crippen molar-refractivity contribution < 1.29 is 9.53 Å². The number of rotatable bonds is 3. The van der Waals surface area contributed by atoms with E-state index in [0.717, 1.165) is 16.9 Å². The first-order valence-corrected chi connectivity index (χ1v) is 6.79. The Hall–Kier alpha value is -2.56. The zero-order valence-corrected chi connectivity index (χ0v) is 12.1. The van der Waals surface area contributed by atoms with E-state index in [0.29, 0.717) is 18.7 Å². The number of aromatic nitrogens is 2. The van der Waals surface area contributed by atoms with Gasteiger partial charge in [-0.2, -0.15) is 5.10 Å². The predicted molar refractivity (Wildman–Crippen MR) is 79.6 cm³/mol. The first-order chi connectivity index (χ1) is 10.1. The second kappa shape index (κ2) is 5.44. The van der Waals surface area contributed by atoms with E-state index >= 15 is 0 Å². The summed E-state index contributed by atoms with van der Waals surface area (Å²) in [5, 5.41) is 4.11. The molecule has 0 radical (unpaired) electrons. The molecular weight excluding hydrogens is 266 g/mol. The molecule has 3 rings (SSSR count). The van der Waals surface area contributed by atoms with Crippen LogP contribution in [0, 0.1) is 0 Å². The quantitative estimate of drug-likeness (QED) is 0.863. The van der Waals surface area contributed by atoms with Crippen LogP contribution in [0.5, 0.6) is 5.75 Å². The number of likely N-dealkylation sites (N-methyl/N-ethyl adjacent to an activating group) is 1. The summed E-state index contributed by atoms with van der Waals surface area (Å²) < 4.78 is 7.36. The molecule has 0 unspecified atom stereocenters. The number of hydrogen-bond donors (Lipinski definition) is 0. The topological polar surface area (TPSA) is 47.4 Å². The number of hydrogen-bond acceptors (Lipinski definition) is 3. The summed E-state index contributed by atoms with van der Waals surface area (Å²) in [6, 6.07) is 7.72. The van der Waals surface area contributed by atoms with Crippen molar-refractivity contribution in [3.05, 3.63) is 53.4 Å². The third-order valence-electron chi connectivity index (χ3n) is 3.43. The Morgan fingerprint density at radius 3 is 3.00 bits per heavy atom. The molecule has 0 fully saturated rings. The van der Waals surface area contributed by atoms with E-state index in [1.165, 1.54) is 0 Å². The number of aryl methyl sites for hydroxylation is 1. The molecular formula is C16H17N3O2. The monoisotopic (exact) mass is 283 g/mol. The first-order valence-electron chi connectivity index (χ1n) is 6.79. The van der Waals surface area contributed by atoms with Crippen LogP contribution in [-0.4, -0.2) is 34.2 Å². The van der Waals surface area contributed by atoms with Gasteiger partial charge in [-0.05, 0) is 12.1 Å². The van der Waals surface area contributed by atoms with Gasteiger partial charge in [-0.1, -0.05) is 18.2 Å². The highest BCUT2D eigenvalue weighted by Crippen LogP contribution is 2.26. The van der Waals surface area contributed by atoms with Gasteiger partial charge in [0.25, 0.3) is 5.91 Å². The van der Waals surface area contributed by atoms with Gasteiger partial charge in [-0.3, -0.25) is 9.48 Å². The second-order valence-corrected chi connectivity index (χ2v) is 5.18. The summed E-state index contributed by atoms with van der Waals surface area (Å²) in [5.41, 5.74) is 2.62. The van der Waals surface area contributed by atoms with E-state index < -0.39 is 0 Å². The number of benzene rings is 1. The molecule has 0 saturated heterocycles. The Labute approximate surface area is 123 Å². The lowest BCUT2D eigenvalue weighted by molar-refractivity contribution is -0.126. The van der Waals surface area contributed by atoms with E-state index in [4.69, 9.17) is 4.74 Å². The predicted octanol–water partition coefficient (Wildman–Crippen LogP) is 1.85. The van der Waals surface area contributed by atoms with Gasteiger partial charge in [-0.25, -0.2) is 0 Å². The number of carbonyl (C=O) groups excluding carboxylic acids is 1. The number of nitrogens with zero attached hydrogens (tertiary/aromatic N) is 3. The molecule has 2 aromatic rings. The van der Waals surface area contributed by atoms with E-state index in [1.807, 2.05) is 43.6 Å². The lowest BCUT2D eigenvalue weighted by Crippen LogP contribution is -2.30. The summed E-state index contributed by atoms with van der Waals surface area (Å²) in [4.78, 5) is 14.2. The van der Waals surface area contributed by atoms with E-state index in [1.54, 1.807) is 22.8 Å². The summed E-state index contributed by atoms with van der Waals surface area (Å²) >= 11 is 0. The third kappa shape index (κ3) is 2.81. The number of amides is 1. The van der Waals surface area contributed by atoms with Gasteiger partial charge in [-0.15, -0.1) is 0 Å². The molecule has 1 amide bonds. The van der Waals surface area contributed by atoms with E-state index in [2.05, 4.69) is 5.10 Å². The summed E-state index contributed by atoms with van der Waals surface area (Å²) in [7, 11) is 3.65. The highest BCUT2D eigenvalue weighted by molar-refractivity contribution is 5.98. The Kier molecular flexibility index (Phi) is 3.48. The maximum Gasteiger partial charge on any atom is 0.253 e. The molecule has 108 valence electrons.